The van der Waals surface area contributed by atoms with Gasteiger partial charge in [0.05, 0.1) is 0 Å². The molecule has 0 spiro atoms. The fraction of sp³-hybridized carbons (Fsp3) is 1.00. The largest absolute Gasteiger partial charge is 0.252 e. The Bertz CT molecular complexity index is 114. The molecule has 1 saturated heterocycles. The number of nitrogens with zero attached hydrogens (tertiary/aromatic N) is 1. The molecule has 2 atom stereocenters. The van der Waals surface area contributed by atoms with Gasteiger partial charge in [0, 0.05) is 19.1 Å². The molecule has 1 N–H and O–H groups in total. The van der Waals surface area contributed by atoms with Crippen molar-refractivity contribution in [3.8, 4) is 0 Å². The average Bonchev–Trinajstić information content (AvgIpc) is 2.04. The lowest BCUT2D eigenvalue weighted by molar-refractivity contribution is 0.0840. The summed E-state index contributed by atoms with van der Waals surface area (Å²) in [6.07, 6.45) is 2.67. The second-order valence-electron chi connectivity index (χ2n) is 3.45. The summed E-state index contributed by atoms with van der Waals surface area (Å²) in [5.41, 5.74) is 3.50. The van der Waals surface area contributed by atoms with E-state index in [1.54, 1.807) is 0 Å². The molecule has 2 nitrogen and oxygen atoms in total. The van der Waals surface area contributed by atoms with E-state index in [2.05, 4.69) is 31.2 Å². The van der Waals surface area contributed by atoms with Gasteiger partial charge < -0.3 is 0 Å². The molecule has 0 unspecified atom stereocenters. The van der Waals surface area contributed by atoms with Gasteiger partial charge in [-0.25, -0.2) is 5.01 Å². The van der Waals surface area contributed by atoms with E-state index in [0.717, 1.165) is 12.5 Å². The molecular weight excluding hydrogens is 136 g/mol. The second-order valence-corrected chi connectivity index (χ2v) is 3.45. The third-order valence-corrected chi connectivity index (χ3v) is 2.77. The predicted octanol–water partition coefficient (Wildman–Crippen LogP) is 1.63. The van der Waals surface area contributed by atoms with E-state index >= 15 is 0 Å². The van der Waals surface area contributed by atoms with Gasteiger partial charge >= 0.3 is 0 Å². The molecule has 1 rings (SSSR count). The highest BCUT2D eigenvalue weighted by atomic mass is 15.5. The first-order chi connectivity index (χ1) is 5.27. The summed E-state index contributed by atoms with van der Waals surface area (Å²) < 4.78 is 0. The topological polar surface area (TPSA) is 15.3 Å². The van der Waals surface area contributed by atoms with Crippen molar-refractivity contribution in [1.82, 2.24) is 10.4 Å². The zero-order valence-corrected chi connectivity index (χ0v) is 7.93. The first-order valence-electron chi connectivity index (χ1n) is 4.79. The van der Waals surface area contributed by atoms with Crippen molar-refractivity contribution < 1.29 is 0 Å². The summed E-state index contributed by atoms with van der Waals surface area (Å²) in [5.74, 6) is 0.887. The van der Waals surface area contributed by atoms with Crippen LogP contribution in [0.1, 0.15) is 33.6 Å². The first-order valence-corrected chi connectivity index (χ1v) is 4.79. The van der Waals surface area contributed by atoms with Crippen molar-refractivity contribution in [2.45, 2.75) is 39.7 Å². The summed E-state index contributed by atoms with van der Waals surface area (Å²) in [5, 5.41) is 2.32. The number of hydrogen-bond donors (Lipinski definition) is 1. The Hall–Kier alpha value is -0.0800. The van der Waals surface area contributed by atoms with E-state index in [1.807, 2.05) is 0 Å². The molecule has 66 valence electrons. The van der Waals surface area contributed by atoms with Gasteiger partial charge in [-0.1, -0.05) is 20.3 Å². The van der Waals surface area contributed by atoms with E-state index in [-0.39, 0.29) is 0 Å². The van der Waals surface area contributed by atoms with Gasteiger partial charge in [0.15, 0.2) is 0 Å². The Labute approximate surface area is 69.9 Å². The van der Waals surface area contributed by atoms with Crippen LogP contribution in [-0.4, -0.2) is 24.1 Å². The molecular formula is C9H20N2. The normalized spacial score (nSPS) is 34.1. The first kappa shape index (κ1) is 9.01. The van der Waals surface area contributed by atoms with E-state index in [0.29, 0.717) is 6.04 Å². The van der Waals surface area contributed by atoms with Crippen LogP contribution in [0.5, 0.6) is 0 Å². The second kappa shape index (κ2) is 4.07. The summed E-state index contributed by atoms with van der Waals surface area (Å²) in [4.78, 5) is 0. The van der Waals surface area contributed by atoms with Crippen LogP contribution in [0.4, 0.5) is 0 Å². The predicted molar refractivity (Wildman–Crippen MR) is 48.2 cm³/mol. The molecule has 0 radical (unpaired) electrons. The molecule has 1 aliphatic rings. The van der Waals surface area contributed by atoms with E-state index < -0.39 is 0 Å². The van der Waals surface area contributed by atoms with Crippen molar-refractivity contribution in [2.24, 2.45) is 5.92 Å². The smallest absolute Gasteiger partial charge is 0.0215 e. The highest BCUT2D eigenvalue weighted by Gasteiger charge is 2.22. The minimum Gasteiger partial charge on any atom is -0.252 e. The molecule has 0 aliphatic carbocycles. The molecule has 0 bridgehead atoms. The fourth-order valence-electron chi connectivity index (χ4n) is 1.84. The van der Waals surface area contributed by atoms with Crippen LogP contribution < -0.4 is 5.43 Å². The lowest BCUT2D eigenvalue weighted by Gasteiger charge is -2.37. The van der Waals surface area contributed by atoms with E-state index in [1.165, 1.54) is 19.4 Å². The molecule has 1 fully saturated rings. The molecule has 0 aromatic carbocycles. The Balaban J connectivity index is 2.34. The van der Waals surface area contributed by atoms with Gasteiger partial charge in [-0.3, -0.25) is 5.43 Å². The van der Waals surface area contributed by atoms with Crippen LogP contribution >= 0.6 is 0 Å². The number of hydrogen-bond acceptors (Lipinski definition) is 2. The van der Waals surface area contributed by atoms with Crippen LogP contribution in [-0.2, 0) is 0 Å². The molecule has 0 aromatic heterocycles. The molecule has 0 aromatic rings. The Kier molecular flexibility index (Phi) is 3.34. The maximum atomic E-state index is 3.50. The fourth-order valence-corrected chi connectivity index (χ4v) is 1.84. The third kappa shape index (κ3) is 2.17. The van der Waals surface area contributed by atoms with Gasteiger partial charge in [-0.05, 0) is 19.3 Å². The van der Waals surface area contributed by atoms with Crippen molar-refractivity contribution in [3.63, 3.8) is 0 Å². The Morgan fingerprint density at radius 3 is 2.64 bits per heavy atom. The van der Waals surface area contributed by atoms with Crippen LogP contribution in [0.3, 0.4) is 0 Å². The standard InChI is InChI=1S/C9H20N2/c1-4-9-6-7-11(5-2)10-8(9)3/h8-10H,4-7H2,1-3H3/t8-,9-/m0/s1. The summed E-state index contributed by atoms with van der Waals surface area (Å²) in [6.45, 7) is 9.12. The van der Waals surface area contributed by atoms with Gasteiger partial charge in [0.2, 0.25) is 0 Å². The van der Waals surface area contributed by atoms with Crippen LogP contribution in [0, 0.1) is 5.92 Å². The monoisotopic (exact) mass is 156 g/mol. The molecule has 1 aliphatic heterocycles. The van der Waals surface area contributed by atoms with Crippen molar-refractivity contribution >= 4 is 0 Å². The van der Waals surface area contributed by atoms with Gasteiger partial charge in [-0.15, -0.1) is 0 Å². The SMILES string of the molecule is CC[C@H]1CCN(CC)N[C@H]1C. The number of rotatable bonds is 2. The molecule has 0 saturated carbocycles. The Morgan fingerprint density at radius 2 is 2.18 bits per heavy atom. The van der Waals surface area contributed by atoms with E-state index in [9.17, 15) is 0 Å². The van der Waals surface area contributed by atoms with Crippen LogP contribution in [0.25, 0.3) is 0 Å². The Morgan fingerprint density at radius 1 is 1.45 bits per heavy atom. The molecule has 1 heterocycles. The van der Waals surface area contributed by atoms with Crippen molar-refractivity contribution in [3.05, 3.63) is 0 Å². The van der Waals surface area contributed by atoms with Gasteiger partial charge in [0.1, 0.15) is 0 Å². The summed E-state index contributed by atoms with van der Waals surface area (Å²) in [6, 6.07) is 0.675. The van der Waals surface area contributed by atoms with Crippen LogP contribution in [0.2, 0.25) is 0 Å². The number of hydrazine groups is 1. The minimum absolute atomic E-state index is 0.675. The van der Waals surface area contributed by atoms with Crippen LogP contribution in [0.15, 0.2) is 0 Å². The maximum absolute atomic E-state index is 3.50. The van der Waals surface area contributed by atoms with Gasteiger partial charge in [0.25, 0.3) is 0 Å². The lowest BCUT2D eigenvalue weighted by Crippen LogP contribution is -2.52. The highest BCUT2D eigenvalue weighted by molar-refractivity contribution is 4.75. The maximum Gasteiger partial charge on any atom is 0.0215 e. The average molecular weight is 156 g/mol. The third-order valence-electron chi connectivity index (χ3n) is 2.77. The minimum atomic E-state index is 0.675. The molecule has 2 heteroatoms. The molecule has 11 heavy (non-hydrogen) atoms. The number of nitrogens with one attached hydrogen (secondary N) is 1. The highest BCUT2D eigenvalue weighted by Crippen LogP contribution is 2.17. The van der Waals surface area contributed by atoms with Crippen molar-refractivity contribution in [1.29, 1.82) is 0 Å². The summed E-state index contributed by atoms with van der Waals surface area (Å²) >= 11 is 0. The van der Waals surface area contributed by atoms with E-state index in [4.69, 9.17) is 0 Å². The van der Waals surface area contributed by atoms with Gasteiger partial charge in [-0.2, -0.15) is 0 Å². The van der Waals surface area contributed by atoms with Crippen molar-refractivity contribution in [2.75, 3.05) is 13.1 Å². The quantitative estimate of drug-likeness (QED) is 0.653. The summed E-state index contributed by atoms with van der Waals surface area (Å²) in [7, 11) is 0. The zero-order chi connectivity index (χ0) is 8.27. The molecule has 0 amide bonds. The zero-order valence-electron chi connectivity index (χ0n) is 7.93. The lowest BCUT2D eigenvalue weighted by atomic mass is 9.93.